The molecule has 0 aliphatic heterocycles. The van der Waals surface area contributed by atoms with Crippen LogP contribution in [0.4, 0.5) is 5.13 Å². The van der Waals surface area contributed by atoms with Crippen molar-refractivity contribution in [3.63, 3.8) is 0 Å². The van der Waals surface area contributed by atoms with E-state index >= 15 is 0 Å². The Morgan fingerprint density at radius 3 is 2.60 bits per heavy atom. The lowest BCUT2D eigenvalue weighted by Crippen LogP contribution is -2.27. The van der Waals surface area contributed by atoms with Gasteiger partial charge in [-0.1, -0.05) is 60.6 Å². The highest BCUT2D eigenvalue weighted by molar-refractivity contribution is 7.18. The standard InChI is InChI=1S/C23H26N4O2S/c1-3-4-7-17-9-11-18(12-10-17)21(29)24-14-13-20(28)25-23-27-26-22(30-23)19-8-5-6-16(2)15-19/h5-6,8-12,15H,3-4,7,13-14H2,1-2H3,(H,24,29)(H,25,27,28). The van der Waals surface area contributed by atoms with Crippen LogP contribution in [0.5, 0.6) is 0 Å². The fourth-order valence-electron chi connectivity index (χ4n) is 2.95. The summed E-state index contributed by atoms with van der Waals surface area (Å²) in [4.78, 5) is 24.4. The molecular weight excluding hydrogens is 396 g/mol. The van der Waals surface area contributed by atoms with Crippen molar-refractivity contribution in [3.05, 3.63) is 65.2 Å². The van der Waals surface area contributed by atoms with Gasteiger partial charge in [-0.15, -0.1) is 10.2 Å². The Morgan fingerprint density at radius 1 is 1.07 bits per heavy atom. The minimum Gasteiger partial charge on any atom is -0.352 e. The number of carbonyl (C=O) groups is 2. The third-order valence-electron chi connectivity index (χ3n) is 4.61. The number of amides is 2. The topological polar surface area (TPSA) is 84.0 Å². The highest BCUT2D eigenvalue weighted by Gasteiger charge is 2.11. The summed E-state index contributed by atoms with van der Waals surface area (Å²) in [6.07, 6.45) is 3.48. The molecule has 2 N–H and O–H groups in total. The molecule has 3 aromatic rings. The first-order valence-corrected chi connectivity index (χ1v) is 10.9. The summed E-state index contributed by atoms with van der Waals surface area (Å²) in [5, 5.41) is 14.9. The van der Waals surface area contributed by atoms with Gasteiger partial charge in [0, 0.05) is 24.1 Å². The second-order valence-electron chi connectivity index (χ2n) is 7.14. The van der Waals surface area contributed by atoms with E-state index in [0.29, 0.717) is 10.7 Å². The van der Waals surface area contributed by atoms with Crippen molar-refractivity contribution in [2.24, 2.45) is 0 Å². The van der Waals surface area contributed by atoms with Crippen molar-refractivity contribution in [3.8, 4) is 10.6 Å². The van der Waals surface area contributed by atoms with Gasteiger partial charge in [0.15, 0.2) is 0 Å². The van der Waals surface area contributed by atoms with Crippen LogP contribution in [0.15, 0.2) is 48.5 Å². The van der Waals surface area contributed by atoms with Crippen molar-refractivity contribution in [2.45, 2.75) is 39.5 Å². The zero-order chi connectivity index (χ0) is 21.3. The SMILES string of the molecule is CCCCc1ccc(C(=O)NCCC(=O)Nc2nnc(-c3cccc(C)c3)s2)cc1. The van der Waals surface area contributed by atoms with E-state index in [-0.39, 0.29) is 24.8 Å². The number of aromatic nitrogens is 2. The Kier molecular flexibility index (Phi) is 7.68. The molecule has 0 aliphatic carbocycles. The number of hydrogen-bond donors (Lipinski definition) is 2. The predicted molar refractivity (Wildman–Crippen MR) is 121 cm³/mol. The Labute approximate surface area is 180 Å². The van der Waals surface area contributed by atoms with Crippen LogP contribution in [0.3, 0.4) is 0 Å². The molecule has 0 radical (unpaired) electrons. The number of rotatable bonds is 9. The highest BCUT2D eigenvalue weighted by atomic mass is 32.1. The van der Waals surface area contributed by atoms with Gasteiger partial charge in [0.25, 0.3) is 5.91 Å². The van der Waals surface area contributed by atoms with Crippen LogP contribution in [0.25, 0.3) is 10.6 Å². The van der Waals surface area contributed by atoms with Gasteiger partial charge in [-0.25, -0.2) is 0 Å². The number of nitrogens with one attached hydrogen (secondary N) is 2. The number of nitrogens with zero attached hydrogens (tertiary/aromatic N) is 2. The van der Waals surface area contributed by atoms with Crippen LogP contribution in [-0.4, -0.2) is 28.6 Å². The lowest BCUT2D eigenvalue weighted by atomic mass is 10.1. The molecule has 0 bridgehead atoms. The molecule has 156 valence electrons. The molecule has 3 rings (SSSR count). The second kappa shape index (κ2) is 10.6. The molecule has 2 amide bonds. The Morgan fingerprint density at radius 2 is 1.87 bits per heavy atom. The number of hydrogen-bond acceptors (Lipinski definition) is 5. The number of aryl methyl sites for hydroxylation is 2. The molecule has 0 aliphatic rings. The maximum Gasteiger partial charge on any atom is 0.251 e. The summed E-state index contributed by atoms with van der Waals surface area (Å²) < 4.78 is 0. The summed E-state index contributed by atoms with van der Waals surface area (Å²) in [7, 11) is 0. The van der Waals surface area contributed by atoms with Crippen molar-refractivity contribution >= 4 is 28.3 Å². The van der Waals surface area contributed by atoms with E-state index in [9.17, 15) is 9.59 Å². The van der Waals surface area contributed by atoms with E-state index in [2.05, 4.69) is 27.8 Å². The molecule has 2 aromatic carbocycles. The number of anilines is 1. The lowest BCUT2D eigenvalue weighted by Gasteiger charge is -2.06. The van der Waals surface area contributed by atoms with Crippen LogP contribution >= 0.6 is 11.3 Å². The van der Waals surface area contributed by atoms with E-state index in [1.54, 1.807) is 0 Å². The average molecular weight is 423 g/mol. The molecule has 0 saturated carbocycles. The van der Waals surface area contributed by atoms with E-state index in [0.717, 1.165) is 35.4 Å². The Hall–Kier alpha value is -3.06. The minimum atomic E-state index is -0.211. The number of benzene rings is 2. The van der Waals surface area contributed by atoms with E-state index in [4.69, 9.17) is 0 Å². The van der Waals surface area contributed by atoms with Crippen molar-refractivity contribution in [1.29, 1.82) is 0 Å². The van der Waals surface area contributed by atoms with Gasteiger partial charge in [-0.3, -0.25) is 9.59 Å². The quantitative estimate of drug-likeness (QED) is 0.527. The molecule has 0 saturated heterocycles. The van der Waals surface area contributed by atoms with Gasteiger partial charge < -0.3 is 10.6 Å². The normalized spacial score (nSPS) is 10.6. The zero-order valence-electron chi connectivity index (χ0n) is 17.3. The van der Waals surface area contributed by atoms with Crippen LogP contribution in [0, 0.1) is 6.92 Å². The van der Waals surface area contributed by atoms with Gasteiger partial charge in [-0.05, 0) is 43.5 Å². The molecule has 0 fully saturated rings. The first-order chi connectivity index (χ1) is 14.5. The first kappa shape index (κ1) is 21.6. The average Bonchev–Trinajstić information content (AvgIpc) is 3.21. The lowest BCUT2D eigenvalue weighted by molar-refractivity contribution is -0.116. The first-order valence-electron chi connectivity index (χ1n) is 10.1. The van der Waals surface area contributed by atoms with Gasteiger partial charge >= 0.3 is 0 Å². The Balaban J connectivity index is 1.44. The van der Waals surface area contributed by atoms with Crippen molar-refractivity contribution < 1.29 is 9.59 Å². The summed E-state index contributed by atoms with van der Waals surface area (Å²) in [5.74, 6) is -0.389. The van der Waals surface area contributed by atoms with E-state index < -0.39 is 0 Å². The fraction of sp³-hybridized carbons (Fsp3) is 0.304. The predicted octanol–water partition coefficient (Wildman–Crippen LogP) is 4.61. The van der Waals surface area contributed by atoms with Crippen LogP contribution in [0.2, 0.25) is 0 Å². The summed E-state index contributed by atoms with van der Waals surface area (Å²) in [6.45, 7) is 4.43. The third-order valence-corrected chi connectivity index (χ3v) is 5.50. The molecule has 7 heteroatoms. The Bertz CT molecular complexity index is 998. The molecule has 0 atom stereocenters. The fourth-order valence-corrected chi connectivity index (χ4v) is 3.70. The molecule has 1 heterocycles. The van der Waals surface area contributed by atoms with Crippen molar-refractivity contribution in [1.82, 2.24) is 15.5 Å². The molecule has 0 unspecified atom stereocenters. The van der Waals surface area contributed by atoms with E-state index in [1.807, 2.05) is 55.5 Å². The van der Waals surface area contributed by atoms with Gasteiger partial charge in [0.2, 0.25) is 11.0 Å². The van der Waals surface area contributed by atoms with Crippen LogP contribution in [0.1, 0.15) is 47.7 Å². The largest absolute Gasteiger partial charge is 0.352 e. The van der Waals surface area contributed by atoms with Gasteiger partial charge in [-0.2, -0.15) is 0 Å². The molecule has 6 nitrogen and oxygen atoms in total. The summed E-state index contributed by atoms with van der Waals surface area (Å²) >= 11 is 1.32. The summed E-state index contributed by atoms with van der Waals surface area (Å²) in [5.41, 5.74) is 3.94. The third kappa shape index (κ3) is 6.22. The van der Waals surface area contributed by atoms with Crippen molar-refractivity contribution in [2.75, 3.05) is 11.9 Å². The highest BCUT2D eigenvalue weighted by Crippen LogP contribution is 2.26. The van der Waals surface area contributed by atoms with E-state index in [1.165, 1.54) is 16.9 Å². The smallest absolute Gasteiger partial charge is 0.251 e. The molecule has 1 aromatic heterocycles. The molecular formula is C23H26N4O2S. The monoisotopic (exact) mass is 422 g/mol. The van der Waals surface area contributed by atoms with Crippen LogP contribution < -0.4 is 10.6 Å². The minimum absolute atomic E-state index is 0.166. The van der Waals surface area contributed by atoms with Crippen LogP contribution in [-0.2, 0) is 11.2 Å². The number of carbonyl (C=O) groups excluding carboxylic acids is 2. The maximum absolute atomic E-state index is 12.2. The molecule has 0 spiro atoms. The zero-order valence-corrected chi connectivity index (χ0v) is 18.1. The van der Waals surface area contributed by atoms with Gasteiger partial charge in [0.05, 0.1) is 0 Å². The maximum atomic E-state index is 12.2. The molecule has 30 heavy (non-hydrogen) atoms. The second-order valence-corrected chi connectivity index (χ2v) is 8.11. The summed E-state index contributed by atoms with van der Waals surface area (Å²) in [6, 6.07) is 15.6. The van der Waals surface area contributed by atoms with Gasteiger partial charge in [0.1, 0.15) is 5.01 Å². The number of unbranched alkanes of at least 4 members (excludes halogenated alkanes) is 1.